The van der Waals surface area contributed by atoms with Gasteiger partial charge in [0.1, 0.15) is 5.82 Å². The summed E-state index contributed by atoms with van der Waals surface area (Å²) in [5.41, 5.74) is 3.87. The Balaban J connectivity index is 2.33. The van der Waals surface area contributed by atoms with Gasteiger partial charge in [-0.2, -0.15) is 5.10 Å². The minimum absolute atomic E-state index is 0.103. The average Bonchev–Trinajstić information content (AvgIpc) is 2.62. The van der Waals surface area contributed by atoms with Crippen LogP contribution in [0, 0.1) is 19.7 Å². The van der Waals surface area contributed by atoms with Crippen molar-refractivity contribution >= 4 is 11.6 Å². The number of nitrogens with zero attached hydrogens (tertiary/aromatic N) is 2. The molecule has 2 aromatic rings. The minimum atomic E-state index is -0.281. The molecule has 20 heavy (non-hydrogen) atoms. The first-order valence-corrected chi connectivity index (χ1v) is 6.93. The fourth-order valence-electron chi connectivity index (χ4n) is 2.47. The molecule has 0 amide bonds. The number of aromatic nitrogens is 2. The van der Waals surface area contributed by atoms with Crippen LogP contribution < -0.4 is 5.32 Å². The summed E-state index contributed by atoms with van der Waals surface area (Å²) in [4.78, 5) is 0. The number of nitrogens with one attached hydrogen (secondary N) is 1. The molecule has 1 atom stereocenters. The van der Waals surface area contributed by atoms with E-state index in [0.717, 1.165) is 17.0 Å². The molecule has 0 aliphatic heterocycles. The fraction of sp³-hybridized carbons (Fsp3) is 0.400. The van der Waals surface area contributed by atoms with Gasteiger partial charge in [0.2, 0.25) is 0 Å². The fourth-order valence-corrected chi connectivity index (χ4v) is 2.63. The molecule has 2 rings (SSSR count). The highest BCUT2D eigenvalue weighted by molar-refractivity contribution is 6.30. The summed E-state index contributed by atoms with van der Waals surface area (Å²) in [5.74, 6) is -0.281. The van der Waals surface area contributed by atoms with E-state index >= 15 is 0 Å². The summed E-state index contributed by atoms with van der Waals surface area (Å²) in [5, 5.41) is 7.98. The number of hydrogen-bond acceptors (Lipinski definition) is 2. The van der Waals surface area contributed by atoms with Crippen molar-refractivity contribution in [2.24, 2.45) is 7.05 Å². The molecule has 0 saturated carbocycles. The van der Waals surface area contributed by atoms with Crippen LogP contribution in [0.5, 0.6) is 0 Å². The van der Waals surface area contributed by atoms with E-state index in [1.165, 1.54) is 6.07 Å². The van der Waals surface area contributed by atoms with Crippen molar-refractivity contribution in [2.75, 3.05) is 7.05 Å². The zero-order valence-corrected chi connectivity index (χ0v) is 12.9. The van der Waals surface area contributed by atoms with Gasteiger partial charge >= 0.3 is 0 Å². The molecule has 0 bridgehead atoms. The molecule has 1 N–H and O–H groups in total. The molecule has 1 aromatic heterocycles. The van der Waals surface area contributed by atoms with Gasteiger partial charge in [-0.1, -0.05) is 17.7 Å². The van der Waals surface area contributed by atoms with E-state index in [1.54, 1.807) is 12.1 Å². The lowest BCUT2D eigenvalue weighted by Gasteiger charge is -2.18. The highest BCUT2D eigenvalue weighted by atomic mass is 35.5. The third-order valence-corrected chi connectivity index (χ3v) is 3.99. The molecule has 0 fully saturated rings. The summed E-state index contributed by atoms with van der Waals surface area (Å²) in [6.07, 6.45) is 0.695. The SMILES string of the molecule is CNC(Cc1c(C)nn(C)c1C)c1ccc(Cl)cc1F. The Hall–Kier alpha value is -1.39. The normalized spacial score (nSPS) is 12.7. The molecular weight excluding hydrogens is 277 g/mol. The number of hydrogen-bond donors (Lipinski definition) is 1. The van der Waals surface area contributed by atoms with Crippen LogP contribution in [-0.4, -0.2) is 16.8 Å². The minimum Gasteiger partial charge on any atom is -0.313 e. The van der Waals surface area contributed by atoms with Crippen molar-refractivity contribution in [1.82, 2.24) is 15.1 Å². The Morgan fingerprint density at radius 3 is 2.60 bits per heavy atom. The van der Waals surface area contributed by atoms with Gasteiger partial charge < -0.3 is 5.32 Å². The van der Waals surface area contributed by atoms with Crippen molar-refractivity contribution in [3.63, 3.8) is 0 Å². The lowest BCUT2D eigenvalue weighted by atomic mass is 9.97. The molecule has 0 saturated heterocycles. The molecule has 0 aliphatic carbocycles. The Morgan fingerprint density at radius 2 is 2.10 bits per heavy atom. The highest BCUT2D eigenvalue weighted by Gasteiger charge is 2.19. The van der Waals surface area contributed by atoms with Crippen LogP contribution in [0.1, 0.15) is 28.6 Å². The van der Waals surface area contributed by atoms with Gasteiger partial charge in [-0.05, 0) is 45.0 Å². The molecule has 1 aromatic carbocycles. The van der Waals surface area contributed by atoms with Crippen LogP contribution in [0.3, 0.4) is 0 Å². The number of benzene rings is 1. The van der Waals surface area contributed by atoms with Gasteiger partial charge in [0.25, 0.3) is 0 Å². The highest BCUT2D eigenvalue weighted by Crippen LogP contribution is 2.25. The molecule has 0 radical (unpaired) electrons. The second-order valence-electron chi connectivity index (χ2n) is 4.98. The second-order valence-corrected chi connectivity index (χ2v) is 5.42. The first-order valence-electron chi connectivity index (χ1n) is 6.55. The van der Waals surface area contributed by atoms with Gasteiger partial charge in [-0.3, -0.25) is 4.68 Å². The summed E-state index contributed by atoms with van der Waals surface area (Å²) in [6.45, 7) is 4.01. The van der Waals surface area contributed by atoms with Crippen molar-refractivity contribution in [3.8, 4) is 0 Å². The van der Waals surface area contributed by atoms with Crippen molar-refractivity contribution in [2.45, 2.75) is 26.3 Å². The van der Waals surface area contributed by atoms with Gasteiger partial charge in [-0.15, -0.1) is 0 Å². The van der Waals surface area contributed by atoms with Crippen LogP contribution in [0.15, 0.2) is 18.2 Å². The monoisotopic (exact) mass is 295 g/mol. The van der Waals surface area contributed by atoms with Crippen LogP contribution in [0.2, 0.25) is 5.02 Å². The summed E-state index contributed by atoms with van der Waals surface area (Å²) in [7, 11) is 3.75. The van der Waals surface area contributed by atoms with Crippen LogP contribution >= 0.6 is 11.6 Å². The average molecular weight is 296 g/mol. The Morgan fingerprint density at radius 1 is 1.40 bits per heavy atom. The van der Waals surface area contributed by atoms with E-state index in [9.17, 15) is 4.39 Å². The molecule has 1 heterocycles. The Labute approximate surface area is 123 Å². The smallest absolute Gasteiger partial charge is 0.129 e. The van der Waals surface area contributed by atoms with Crippen molar-refractivity contribution < 1.29 is 4.39 Å². The lowest BCUT2D eigenvalue weighted by Crippen LogP contribution is -2.20. The van der Waals surface area contributed by atoms with Crippen LogP contribution in [0.25, 0.3) is 0 Å². The first-order chi connectivity index (χ1) is 9.43. The molecule has 108 valence electrons. The number of likely N-dealkylation sites (N-methyl/N-ethyl adjacent to an activating group) is 1. The molecule has 5 heteroatoms. The van der Waals surface area contributed by atoms with E-state index < -0.39 is 0 Å². The molecule has 0 spiro atoms. The van der Waals surface area contributed by atoms with Crippen molar-refractivity contribution in [1.29, 1.82) is 0 Å². The van der Waals surface area contributed by atoms with E-state index in [-0.39, 0.29) is 11.9 Å². The number of halogens is 2. The number of rotatable bonds is 4. The predicted molar refractivity (Wildman–Crippen MR) is 79.6 cm³/mol. The Bertz CT molecular complexity index is 622. The van der Waals surface area contributed by atoms with E-state index in [1.807, 2.05) is 32.6 Å². The summed E-state index contributed by atoms with van der Waals surface area (Å²) < 4.78 is 15.9. The van der Waals surface area contributed by atoms with E-state index in [2.05, 4.69) is 10.4 Å². The van der Waals surface area contributed by atoms with Gasteiger partial charge in [-0.25, -0.2) is 4.39 Å². The van der Waals surface area contributed by atoms with Crippen molar-refractivity contribution in [3.05, 3.63) is 51.6 Å². The zero-order valence-electron chi connectivity index (χ0n) is 12.2. The predicted octanol–water partition coefficient (Wildman–Crippen LogP) is 3.33. The lowest BCUT2D eigenvalue weighted by molar-refractivity contribution is 0.532. The third-order valence-electron chi connectivity index (χ3n) is 3.75. The molecule has 1 unspecified atom stereocenters. The van der Waals surface area contributed by atoms with E-state index in [4.69, 9.17) is 11.6 Å². The van der Waals surface area contributed by atoms with Gasteiger partial charge in [0.05, 0.1) is 5.69 Å². The quantitative estimate of drug-likeness (QED) is 0.937. The first kappa shape index (κ1) is 15.0. The van der Waals surface area contributed by atoms with E-state index in [0.29, 0.717) is 17.0 Å². The molecular formula is C15H19ClFN3. The molecule has 3 nitrogen and oxygen atoms in total. The maximum Gasteiger partial charge on any atom is 0.129 e. The Kier molecular flexibility index (Phi) is 4.45. The van der Waals surface area contributed by atoms with Crippen LogP contribution in [0.4, 0.5) is 4.39 Å². The van der Waals surface area contributed by atoms with Gasteiger partial charge in [0, 0.05) is 29.4 Å². The van der Waals surface area contributed by atoms with Gasteiger partial charge in [0.15, 0.2) is 0 Å². The topological polar surface area (TPSA) is 29.9 Å². The summed E-state index contributed by atoms with van der Waals surface area (Å²) >= 11 is 5.81. The molecule has 0 aliphatic rings. The zero-order chi connectivity index (χ0) is 14.9. The standard InChI is InChI=1S/C15H19ClFN3/c1-9-13(10(2)20(4)19-9)8-15(18-3)12-6-5-11(16)7-14(12)17/h5-7,15,18H,8H2,1-4H3. The largest absolute Gasteiger partial charge is 0.313 e. The second kappa shape index (κ2) is 5.94. The van der Waals surface area contributed by atoms with Crippen LogP contribution in [-0.2, 0) is 13.5 Å². The third kappa shape index (κ3) is 2.86. The maximum atomic E-state index is 14.1. The maximum absolute atomic E-state index is 14.1. The number of aryl methyl sites for hydroxylation is 2. The summed E-state index contributed by atoms with van der Waals surface area (Å²) in [6, 6.07) is 4.70.